The fourth-order valence-electron chi connectivity index (χ4n) is 4.35. The molecular weight excluding hydrogens is 436 g/mol. The van der Waals surface area contributed by atoms with E-state index in [1.807, 2.05) is 51.1 Å². The zero-order valence-electron chi connectivity index (χ0n) is 19.9. The highest BCUT2D eigenvalue weighted by molar-refractivity contribution is 6.30. The molecule has 33 heavy (non-hydrogen) atoms. The first kappa shape index (κ1) is 25.1. The fraction of sp³-hybridized carbons (Fsp3) is 0.481. The van der Waals surface area contributed by atoms with Gasteiger partial charge in [-0.2, -0.15) is 0 Å². The summed E-state index contributed by atoms with van der Waals surface area (Å²) < 4.78 is 5.90. The first-order chi connectivity index (χ1) is 15.9. The van der Waals surface area contributed by atoms with E-state index >= 15 is 0 Å². The molecule has 2 aromatic carbocycles. The number of carbonyl (C=O) groups excluding carboxylic acids is 2. The number of hydrogen-bond donors (Lipinski definition) is 1. The molecule has 1 aliphatic carbocycles. The third kappa shape index (κ3) is 6.97. The van der Waals surface area contributed by atoms with Gasteiger partial charge in [-0.15, -0.1) is 0 Å². The van der Waals surface area contributed by atoms with E-state index in [-0.39, 0.29) is 24.5 Å². The van der Waals surface area contributed by atoms with Crippen LogP contribution < -0.4 is 10.1 Å². The van der Waals surface area contributed by atoms with Crippen LogP contribution in [0, 0.1) is 13.8 Å². The van der Waals surface area contributed by atoms with E-state index in [0.717, 1.165) is 42.4 Å². The smallest absolute Gasteiger partial charge is 0.261 e. The summed E-state index contributed by atoms with van der Waals surface area (Å²) in [4.78, 5) is 28.3. The predicted molar refractivity (Wildman–Crippen MR) is 133 cm³/mol. The topological polar surface area (TPSA) is 58.6 Å². The number of rotatable bonds is 9. The lowest BCUT2D eigenvalue weighted by Gasteiger charge is -2.32. The Hall–Kier alpha value is -2.53. The van der Waals surface area contributed by atoms with Crippen LogP contribution in [0.1, 0.15) is 62.1 Å². The molecule has 2 aromatic rings. The van der Waals surface area contributed by atoms with Crippen molar-refractivity contribution in [2.24, 2.45) is 0 Å². The number of halogens is 1. The van der Waals surface area contributed by atoms with E-state index in [1.165, 1.54) is 6.42 Å². The van der Waals surface area contributed by atoms with Crippen LogP contribution in [-0.2, 0) is 16.1 Å². The Bertz CT molecular complexity index is 939. The molecule has 1 N–H and O–H groups in total. The summed E-state index contributed by atoms with van der Waals surface area (Å²) in [6.07, 6.45) is 6.03. The number of benzene rings is 2. The number of aryl methyl sites for hydroxylation is 1. The van der Waals surface area contributed by atoms with Crippen LogP contribution in [0.25, 0.3) is 0 Å². The first-order valence-electron chi connectivity index (χ1n) is 11.9. The van der Waals surface area contributed by atoms with Gasteiger partial charge >= 0.3 is 0 Å². The van der Waals surface area contributed by atoms with Crippen molar-refractivity contribution in [3.63, 3.8) is 0 Å². The van der Waals surface area contributed by atoms with Gasteiger partial charge in [0.25, 0.3) is 5.91 Å². The lowest BCUT2D eigenvalue weighted by molar-refractivity contribution is -0.143. The van der Waals surface area contributed by atoms with E-state index in [4.69, 9.17) is 16.3 Å². The Morgan fingerprint density at radius 2 is 1.79 bits per heavy atom. The predicted octanol–water partition coefficient (Wildman–Crippen LogP) is 5.59. The summed E-state index contributed by atoms with van der Waals surface area (Å²) in [5.41, 5.74) is 3.04. The lowest BCUT2D eigenvalue weighted by Crippen LogP contribution is -2.52. The zero-order valence-corrected chi connectivity index (χ0v) is 20.7. The standard InChI is InChI=1S/C27H35ClN2O3/c1-4-24(27(32)29-23-10-6-5-7-11-23)30(17-21-13-15-22(28)16-14-21)26(31)18-33-25-12-8-9-19(2)20(25)3/h8-9,12-16,23-24H,4-7,10-11,17-18H2,1-3H3,(H,29,32). The van der Waals surface area contributed by atoms with E-state index in [1.54, 1.807) is 17.0 Å². The van der Waals surface area contributed by atoms with Crippen molar-refractivity contribution in [3.8, 4) is 5.75 Å². The maximum atomic E-state index is 13.4. The van der Waals surface area contributed by atoms with Crippen molar-refractivity contribution in [2.45, 2.75) is 77.9 Å². The van der Waals surface area contributed by atoms with Crippen LogP contribution >= 0.6 is 11.6 Å². The number of carbonyl (C=O) groups is 2. The zero-order chi connectivity index (χ0) is 23.8. The average molecular weight is 471 g/mol. The van der Waals surface area contributed by atoms with Gasteiger partial charge in [-0.05, 0) is 68.0 Å². The Morgan fingerprint density at radius 1 is 1.09 bits per heavy atom. The molecular formula is C27H35ClN2O3. The highest BCUT2D eigenvalue weighted by atomic mass is 35.5. The lowest BCUT2D eigenvalue weighted by atomic mass is 9.95. The molecule has 0 heterocycles. The van der Waals surface area contributed by atoms with Gasteiger partial charge in [-0.3, -0.25) is 9.59 Å². The molecule has 1 fully saturated rings. The minimum absolute atomic E-state index is 0.0848. The van der Waals surface area contributed by atoms with E-state index in [9.17, 15) is 9.59 Å². The van der Waals surface area contributed by atoms with Gasteiger partial charge in [-0.1, -0.05) is 62.1 Å². The normalized spacial score (nSPS) is 15.0. The number of nitrogens with zero attached hydrogens (tertiary/aromatic N) is 1. The van der Waals surface area contributed by atoms with E-state index in [2.05, 4.69) is 5.32 Å². The molecule has 0 aliphatic heterocycles. The van der Waals surface area contributed by atoms with Gasteiger partial charge in [0.05, 0.1) is 0 Å². The highest BCUT2D eigenvalue weighted by Crippen LogP contribution is 2.22. The number of amides is 2. The summed E-state index contributed by atoms with van der Waals surface area (Å²) >= 11 is 6.04. The Labute approximate surface area is 202 Å². The van der Waals surface area contributed by atoms with Crippen molar-refractivity contribution < 1.29 is 14.3 Å². The van der Waals surface area contributed by atoms with Crippen LogP contribution in [0.3, 0.4) is 0 Å². The summed E-state index contributed by atoms with van der Waals surface area (Å²) in [5.74, 6) is 0.393. The van der Waals surface area contributed by atoms with Gasteiger partial charge in [0.2, 0.25) is 5.91 Å². The molecule has 3 rings (SSSR count). The molecule has 0 radical (unpaired) electrons. The highest BCUT2D eigenvalue weighted by Gasteiger charge is 2.30. The maximum Gasteiger partial charge on any atom is 0.261 e. The second-order valence-electron chi connectivity index (χ2n) is 8.90. The summed E-state index contributed by atoms with van der Waals surface area (Å²) in [5, 5.41) is 3.83. The van der Waals surface area contributed by atoms with Crippen molar-refractivity contribution in [2.75, 3.05) is 6.61 Å². The maximum absolute atomic E-state index is 13.4. The van der Waals surface area contributed by atoms with Gasteiger partial charge in [0, 0.05) is 17.6 Å². The summed E-state index contributed by atoms with van der Waals surface area (Å²) in [7, 11) is 0. The third-order valence-corrected chi connectivity index (χ3v) is 6.76. The molecule has 178 valence electrons. The average Bonchev–Trinajstić information content (AvgIpc) is 2.81. The van der Waals surface area contributed by atoms with E-state index < -0.39 is 6.04 Å². The van der Waals surface area contributed by atoms with Crippen LogP contribution in [0.2, 0.25) is 5.02 Å². The minimum Gasteiger partial charge on any atom is -0.483 e. The van der Waals surface area contributed by atoms with Crippen LogP contribution in [0.15, 0.2) is 42.5 Å². The van der Waals surface area contributed by atoms with Gasteiger partial charge < -0.3 is 15.0 Å². The van der Waals surface area contributed by atoms with Gasteiger partial charge in [0.1, 0.15) is 11.8 Å². The minimum atomic E-state index is -0.558. The summed E-state index contributed by atoms with van der Waals surface area (Å²) in [6.45, 7) is 6.14. The van der Waals surface area contributed by atoms with Crippen LogP contribution in [0.4, 0.5) is 0 Å². The van der Waals surface area contributed by atoms with Gasteiger partial charge in [0.15, 0.2) is 6.61 Å². The first-order valence-corrected chi connectivity index (χ1v) is 12.3. The van der Waals surface area contributed by atoms with Crippen molar-refractivity contribution in [3.05, 3.63) is 64.2 Å². The Morgan fingerprint density at radius 3 is 2.45 bits per heavy atom. The molecule has 0 aromatic heterocycles. The number of ether oxygens (including phenoxy) is 1. The molecule has 0 saturated heterocycles. The Kier molecular flexibility index (Phi) is 9.19. The van der Waals surface area contributed by atoms with E-state index in [0.29, 0.717) is 23.7 Å². The molecule has 1 unspecified atom stereocenters. The molecule has 5 nitrogen and oxygen atoms in total. The molecule has 1 aliphatic rings. The molecule has 2 amide bonds. The third-order valence-electron chi connectivity index (χ3n) is 6.51. The summed E-state index contributed by atoms with van der Waals surface area (Å²) in [6, 6.07) is 12.8. The van der Waals surface area contributed by atoms with Crippen molar-refractivity contribution >= 4 is 23.4 Å². The molecule has 1 saturated carbocycles. The number of hydrogen-bond acceptors (Lipinski definition) is 3. The molecule has 6 heteroatoms. The largest absolute Gasteiger partial charge is 0.483 e. The quantitative estimate of drug-likeness (QED) is 0.519. The monoisotopic (exact) mass is 470 g/mol. The van der Waals surface area contributed by atoms with Gasteiger partial charge in [-0.25, -0.2) is 0 Å². The van der Waals surface area contributed by atoms with Crippen molar-refractivity contribution in [1.82, 2.24) is 10.2 Å². The van der Waals surface area contributed by atoms with Crippen LogP contribution in [-0.4, -0.2) is 35.4 Å². The Balaban J connectivity index is 1.77. The van der Waals surface area contributed by atoms with Crippen molar-refractivity contribution in [1.29, 1.82) is 0 Å². The number of nitrogens with one attached hydrogen (secondary N) is 1. The second-order valence-corrected chi connectivity index (χ2v) is 9.34. The van der Waals surface area contributed by atoms with Crippen LogP contribution in [0.5, 0.6) is 5.75 Å². The second kappa shape index (κ2) is 12.1. The molecule has 1 atom stereocenters. The fourth-order valence-corrected chi connectivity index (χ4v) is 4.48. The SMILES string of the molecule is CCC(C(=O)NC1CCCCC1)N(Cc1ccc(Cl)cc1)C(=O)COc1cccc(C)c1C. The molecule has 0 spiro atoms. The molecule has 0 bridgehead atoms.